The standard InChI is InChI=1S/C24H30ClN3O4S/c1-18-22(25)8-5-9-23(18)32-20-12-16-27(17-13-20)19-10-14-28(15-11-19)24(29)26-33(30,31)21-6-3-2-4-7-21/h2-9,19-20H,10-17H2,1H3,(H,26,29). The number of nitrogens with zero attached hydrogens (tertiary/aromatic N) is 2. The van der Waals surface area contributed by atoms with Crippen LogP contribution in [0.2, 0.25) is 5.02 Å². The van der Waals surface area contributed by atoms with Gasteiger partial charge in [0.25, 0.3) is 10.0 Å². The molecule has 2 saturated heterocycles. The molecule has 1 N–H and O–H groups in total. The number of likely N-dealkylation sites (tertiary alicyclic amines) is 2. The molecular weight excluding hydrogens is 462 g/mol. The van der Waals surface area contributed by atoms with E-state index in [0.29, 0.717) is 19.1 Å². The van der Waals surface area contributed by atoms with Crippen LogP contribution >= 0.6 is 11.6 Å². The first-order valence-electron chi connectivity index (χ1n) is 11.4. The highest BCUT2D eigenvalue weighted by atomic mass is 35.5. The summed E-state index contributed by atoms with van der Waals surface area (Å²) in [6.07, 6.45) is 3.73. The molecule has 33 heavy (non-hydrogen) atoms. The van der Waals surface area contributed by atoms with Gasteiger partial charge in [-0.2, -0.15) is 0 Å². The van der Waals surface area contributed by atoms with E-state index in [1.54, 1.807) is 23.1 Å². The number of urea groups is 1. The van der Waals surface area contributed by atoms with Gasteiger partial charge in [0.15, 0.2) is 0 Å². The van der Waals surface area contributed by atoms with E-state index in [2.05, 4.69) is 9.62 Å². The maximum absolute atomic E-state index is 12.5. The number of rotatable bonds is 5. The highest BCUT2D eigenvalue weighted by Crippen LogP contribution is 2.29. The molecule has 0 aromatic heterocycles. The van der Waals surface area contributed by atoms with Crippen LogP contribution in [0.1, 0.15) is 31.2 Å². The first kappa shape index (κ1) is 23.9. The topological polar surface area (TPSA) is 79.0 Å². The summed E-state index contributed by atoms with van der Waals surface area (Å²) in [5, 5.41) is 0.720. The SMILES string of the molecule is Cc1c(Cl)cccc1OC1CCN(C2CCN(C(=O)NS(=O)(=O)c3ccccc3)CC2)CC1. The second-order valence-corrected chi connectivity index (χ2v) is 10.7. The molecule has 2 aliphatic heterocycles. The number of ether oxygens (including phenoxy) is 1. The number of piperidine rings is 2. The van der Waals surface area contributed by atoms with Gasteiger partial charge in [-0.3, -0.25) is 4.90 Å². The molecular formula is C24H30ClN3O4S. The van der Waals surface area contributed by atoms with Crippen LogP contribution in [0.4, 0.5) is 4.79 Å². The molecule has 0 atom stereocenters. The number of hydrogen-bond acceptors (Lipinski definition) is 5. The van der Waals surface area contributed by atoms with Crippen LogP contribution in [0.25, 0.3) is 0 Å². The number of amides is 2. The molecule has 0 aliphatic carbocycles. The first-order chi connectivity index (χ1) is 15.8. The molecule has 2 aromatic rings. The molecule has 178 valence electrons. The van der Waals surface area contributed by atoms with Gasteiger partial charge in [0.2, 0.25) is 0 Å². The number of hydrogen-bond donors (Lipinski definition) is 1. The fourth-order valence-electron chi connectivity index (χ4n) is 4.53. The second-order valence-electron chi connectivity index (χ2n) is 8.66. The third-order valence-electron chi connectivity index (χ3n) is 6.53. The lowest BCUT2D eigenvalue weighted by Crippen LogP contribution is -2.52. The molecule has 0 saturated carbocycles. The summed E-state index contributed by atoms with van der Waals surface area (Å²) in [6.45, 7) is 4.95. The van der Waals surface area contributed by atoms with Crippen molar-refractivity contribution < 1.29 is 17.9 Å². The van der Waals surface area contributed by atoms with Crippen molar-refractivity contribution in [3.8, 4) is 5.75 Å². The number of carbonyl (C=O) groups excluding carboxylic acids is 1. The monoisotopic (exact) mass is 491 g/mol. The van der Waals surface area contributed by atoms with Crippen molar-refractivity contribution in [2.24, 2.45) is 0 Å². The Bertz CT molecular complexity index is 1060. The van der Waals surface area contributed by atoms with Gasteiger partial charge in [-0.05, 0) is 56.9 Å². The van der Waals surface area contributed by atoms with Gasteiger partial charge in [0.1, 0.15) is 11.9 Å². The number of sulfonamides is 1. The van der Waals surface area contributed by atoms with E-state index in [-0.39, 0.29) is 11.0 Å². The minimum absolute atomic E-state index is 0.0892. The van der Waals surface area contributed by atoms with Crippen LogP contribution in [-0.2, 0) is 10.0 Å². The summed E-state index contributed by atoms with van der Waals surface area (Å²) in [7, 11) is -3.85. The van der Waals surface area contributed by atoms with Crippen molar-refractivity contribution in [2.45, 2.75) is 49.6 Å². The molecule has 2 aliphatic rings. The van der Waals surface area contributed by atoms with Crippen molar-refractivity contribution in [3.05, 3.63) is 59.1 Å². The Labute approximate surface area is 200 Å². The lowest BCUT2D eigenvalue weighted by molar-refractivity contribution is 0.0537. The molecule has 7 nitrogen and oxygen atoms in total. The van der Waals surface area contributed by atoms with Crippen molar-refractivity contribution in [1.82, 2.24) is 14.5 Å². The van der Waals surface area contributed by atoms with Crippen LogP contribution < -0.4 is 9.46 Å². The minimum atomic E-state index is -3.85. The van der Waals surface area contributed by atoms with Crippen molar-refractivity contribution >= 4 is 27.7 Å². The average Bonchev–Trinajstić information content (AvgIpc) is 2.83. The Hall–Kier alpha value is -2.29. The molecule has 2 heterocycles. The lowest BCUT2D eigenvalue weighted by atomic mass is 9.99. The quantitative estimate of drug-likeness (QED) is 0.682. The van der Waals surface area contributed by atoms with Crippen molar-refractivity contribution in [3.63, 3.8) is 0 Å². The van der Waals surface area contributed by atoms with Crippen LogP contribution in [0.15, 0.2) is 53.4 Å². The van der Waals surface area contributed by atoms with E-state index < -0.39 is 16.1 Å². The Morgan fingerprint density at radius 1 is 0.970 bits per heavy atom. The molecule has 2 amide bonds. The van der Waals surface area contributed by atoms with E-state index >= 15 is 0 Å². The van der Waals surface area contributed by atoms with E-state index in [4.69, 9.17) is 16.3 Å². The predicted molar refractivity (Wildman–Crippen MR) is 128 cm³/mol. The van der Waals surface area contributed by atoms with Crippen LogP contribution in [0, 0.1) is 6.92 Å². The van der Waals surface area contributed by atoms with Gasteiger partial charge in [0, 0.05) is 42.8 Å². The largest absolute Gasteiger partial charge is 0.490 e. The van der Waals surface area contributed by atoms with E-state index in [0.717, 1.165) is 55.1 Å². The van der Waals surface area contributed by atoms with Gasteiger partial charge >= 0.3 is 6.03 Å². The van der Waals surface area contributed by atoms with Crippen molar-refractivity contribution in [1.29, 1.82) is 0 Å². The van der Waals surface area contributed by atoms with Gasteiger partial charge in [0.05, 0.1) is 4.90 Å². The zero-order valence-corrected chi connectivity index (χ0v) is 20.3. The van der Waals surface area contributed by atoms with Gasteiger partial charge in [-0.15, -0.1) is 0 Å². The van der Waals surface area contributed by atoms with E-state index in [1.165, 1.54) is 12.1 Å². The summed E-state index contributed by atoms with van der Waals surface area (Å²) in [5.41, 5.74) is 0.974. The summed E-state index contributed by atoms with van der Waals surface area (Å²) in [6, 6.07) is 13.5. The zero-order chi connectivity index (χ0) is 23.4. The summed E-state index contributed by atoms with van der Waals surface area (Å²) in [4.78, 5) is 16.7. The highest BCUT2D eigenvalue weighted by Gasteiger charge is 2.31. The third kappa shape index (κ3) is 5.80. The number of nitrogens with one attached hydrogen (secondary N) is 1. The Morgan fingerprint density at radius 2 is 1.64 bits per heavy atom. The molecule has 0 spiro atoms. The fraction of sp³-hybridized carbons (Fsp3) is 0.458. The molecule has 0 radical (unpaired) electrons. The highest BCUT2D eigenvalue weighted by molar-refractivity contribution is 7.90. The predicted octanol–water partition coefficient (Wildman–Crippen LogP) is 4.05. The lowest BCUT2D eigenvalue weighted by Gasteiger charge is -2.41. The summed E-state index contributed by atoms with van der Waals surface area (Å²) < 4.78 is 33.2. The summed E-state index contributed by atoms with van der Waals surface area (Å²) in [5.74, 6) is 0.853. The van der Waals surface area contributed by atoms with Crippen LogP contribution in [0.3, 0.4) is 0 Å². The maximum Gasteiger partial charge on any atom is 0.331 e. The average molecular weight is 492 g/mol. The summed E-state index contributed by atoms with van der Waals surface area (Å²) >= 11 is 6.20. The smallest absolute Gasteiger partial charge is 0.331 e. The van der Waals surface area contributed by atoms with Crippen LogP contribution in [-0.4, -0.2) is 62.6 Å². The Morgan fingerprint density at radius 3 is 2.30 bits per heavy atom. The third-order valence-corrected chi connectivity index (χ3v) is 8.28. The van der Waals surface area contributed by atoms with Crippen LogP contribution in [0.5, 0.6) is 5.75 Å². The maximum atomic E-state index is 12.5. The number of carbonyl (C=O) groups is 1. The molecule has 2 aromatic carbocycles. The van der Waals surface area contributed by atoms with E-state index in [1.807, 2.05) is 25.1 Å². The number of halogens is 1. The van der Waals surface area contributed by atoms with Gasteiger partial charge in [-0.25, -0.2) is 17.9 Å². The van der Waals surface area contributed by atoms with Gasteiger partial charge in [-0.1, -0.05) is 35.9 Å². The molecule has 4 rings (SSSR count). The molecule has 2 fully saturated rings. The fourth-order valence-corrected chi connectivity index (χ4v) is 5.68. The minimum Gasteiger partial charge on any atom is -0.490 e. The molecule has 0 bridgehead atoms. The normalized spacial score (nSPS) is 18.8. The Balaban J connectivity index is 1.23. The van der Waals surface area contributed by atoms with Gasteiger partial charge < -0.3 is 9.64 Å². The number of benzene rings is 2. The Kier molecular flexibility index (Phi) is 7.46. The second kappa shape index (κ2) is 10.3. The van der Waals surface area contributed by atoms with E-state index in [9.17, 15) is 13.2 Å². The zero-order valence-electron chi connectivity index (χ0n) is 18.7. The molecule has 0 unspecified atom stereocenters. The van der Waals surface area contributed by atoms with Crippen molar-refractivity contribution in [2.75, 3.05) is 26.2 Å². The molecule has 9 heteroatoms. The first-order valence-corrected chi connectivity index (χ1v) is 13.2.